The molecule has 5 saturated carbocycles. The van der Waals surface area contributed by atoms with Crippen LogP contribution in [0.5, 0.6) is 0 Å². The Bertz CT molecular complexity index is 1410. The maximum atomic E-state index is 12.7. The number of rotatable bonds is 7. The lowest BCUT2D eigenvalue weighted by atomic mass is 9.41. The van der Waals surface area contributed by atoms with Gasteiger partial charge in [-0.2, -0.15) is 0 Å². The molecular weight excluding hydrogens is 656 g/mol. The van der Waals surface area contributed by atoms with Gasteiger partial charge >= 0.3 is 0 Å². The van der Waals surface area contributed by atoms with E-state index in [1.807, 2.05) is 20.8 Å². The lowest BCUT2D eigenvalue weighted by Crippen LogP contribution is -2.60. The predicted molar refractivity (Wildman–Crippen MR) is 196 cm³/mol. The Morgan fingerprint density at radius 3 is 2.37 bits per heavy atom. The van der Waals surface area contributed by atoms with Crippen LogP contribution in [0.2, 0.25) is 0 Å². The third kappa shape index (κ3) is 4.49. The fourth-order valence-electron chi connectivity index (χ4n) is 16.9. The molecule has 18 atom stereocenters. The molecule has 0 aromatic carbocycles. The highest BCUT2D eigenvalue weighted by atomic mass is 16.7. The van der Waals surface area contributed by atoms with Crippen LogP contribution < -0.4 is 0 Å². The van der Waals surface area contributed by atoms with Crippen molar-refractivity contribution in [3.05, 3.63) is 0 Å². The van der Waals surface area contributed by atoms with Crippen molar-refractivity contribution >= 4 is 0 Å². The fourth-order valence-corrected chi connectivity index (χ4v) is 16.9. The molecule has 294 valence electrons. The molecule has 52 heavy (non-hydrogen) atoms. The quantitative estimate of drug-likeness (QED) is 0.366. The largest absolute Gasteiger partial charge is 0.390 e. The Kier molecular flexibility index (Phi) is 8.05. The summed E-state index contributed by atoms with van der Waals surface area (Å²) in [5.41, 5.74) is -0.478. The number of hydrogen-bond donors (Lipinski definition) is 2. The van der Waals surface area contributed by atoms with Gasteiger partial charge in [0.1, 0.15) is 6.10 Å². The van der Waals surface area contributed by atoms with Crippen LogP contribution in [0.3, 0.4) is 0 Å². The van der Waals surface area contributed by atoms with Gasteiger partial charge in [-0.05, 0) is 124 Å². The second-order valence-electron chi connectivity index (χ2n) is 21.5. The Morgan fingerprint density at radius 1 is 0.885 bits per heavy atom. The second kappa shape index (κ2) is 11.6. The molecule has 5 heterocycles. The molecule has 9 nitrogen and oxygen atoms in total. The molecule has 0 radical (unpaired) electrons. The van der Waals surface area contributed by atoms with Gasteiger partial charge < -0.3 is 33.9 Å². The molecule has 2 N–H and O–H groups in total. The Labute approximate surface area is 313 Å². The number of aliphatic hydroxyl groups excluding tert-OH is 1. The van der Waals surface area contributed by atoms with E-state index >= 15 is 0 Å². The monoisotopic (exact) mass is 727 g/mol. The number of fused-ring (bicyclic) bond motifs is 5. The summed E-state index contributed by atoms with van der Waals surface area (Å²) in [5.74, 6) is 1.83. The van der Waals surface area contributed by atoms with E-state index in [4.69, 9.17) is 23.7 Å². The number of hydrogen-bond acceptors (Lipinski definition) is 9. The first-order valence-electron chi connectivity index (χ1n) is 21.7. The molecule has 5 saturated heterocycles. The summed E-state index contributed by atoms with van der Waals surface area (Å²) in [4.78, 5) is 5.33. The van der Waals surface area contributed by atoms with Crippen LogP contribution in [0.15, 0.2) is 0 Å². The maximum absolute atomic E-state index is 12.7. The van der Waals surface area contributed by atoms with Gasteiger partial charge in [0.05, 0.1) is 67.5 Å². The zero-order chi connectivity index (χ0) is 36.4. The minimum Gasteiger partial charge on any atom is -0.390 e. The van der Waals surface area contributed by atoms with E-state index in [2.05, 4.69) is 44.4 Å². The van der Waals surface area contributed by atoms with Crippen LogP contribution >= 0.6 is 0 Å². The van der Waals surface area contributed by atoms with Crippen molar-refractivity contribution in [1.29, 1.82) is 0 Å². The van der Waals surface area contributed by atoms with E-state index in [-0.39, 0.29) is 40.8 Å². The van der Waals surface area contributed by atoms with E-state index in [1.165, 1.54) is 51.5 Å². The van der Waals surface area contributed by atoms with E-state index in [9.17, 15) is 10.2 Å². The van der Waals surface area contributed by atoms with Crippen molar-refractivity contribution in [1.82, 2.24) is 9.80 Å². The van der Waals surface area contributed by atoms with Crippen LogP contribution in [0.4, 0.5) is 0 Å². The zero-order valence-corrected chi connectivity index (χ0v) is 33.5. The number of aliphatic hydroxyl groups is 2. The summed E-state index contributed by atoms with van der Waals surface area (Å²) in [6.45, 7) is 23.5. The molecule has 2 bridgehead atoms. The molecule has 0 aromatic heterocycles. The Morgan fingerprint density at radius 2 is 1.62 bits per heavy atom. The van der Waals surface area contributed by atoms with Gasteiger partial charge in [-0.3, -0.25) is 9.80 Å². The highest BCUT2D eigenvalue weighted by Crippen LogP contribution is 2.89. The number of nitrogens with zero attached hydrogens (tertiary/aromatic N) is 2. The summed E-state index contributed by atoms with van der Waals surface area (Å²) < 4.78 is 33.1. The topological polar surface area (TPSA) is 93.1 Å². The van der Waals surface area contributed by atoms with Crippen molar-refractivity contribution < 1.29 is 33.9 Å². The summed E-state index contributed by atoms with van der Waals surface area (Å²) in [7, 11) is 0. The molecule has 9 heteroatoms. The molecule has 5 aliphatic carbocycles. The molecule has 0 aromatic rings. The van der Waals surface area contributed by atoms with Gasteiger partial charge in [0.15, 0.2) is 6.29 Å². The first-order valence-corrected chi connectivity index (χ1v) is 21.7. The molecular formula is C43H70N2O7. The average molecular weight is 727 g/mol. The zero-order valence-electron chi connectivity index (χ0n) is 33.5. The molecule has 10 rings (SSSR count). The lowest BCUT2D eigenvalue weighted by molar-refractivity contribution is -0.251. The Hall–Kier alpha value is -0.360. The standard InChI is InChI=1S/C43H70N2O7/c1-9-48-37(39(5,6)47)26-20-24(2)32-35(51-26)36(46)41(8)29-11-10-28-38(3,4)30(12-14-42(28)23-43(29,42)16-15-40(32,41)7)52-31-22-45(18-19-49-31)34-27-21-44-17-13-25(50-27)33(34)44/h24-37,46-47H,9-23H2,1-8H3/t24-,25?,26-,27?,28+,29+,30+,31+,32+,33?,34?,35+,36+,37+,40-,41-,42-,43+/m1/s1. The SMILES string of the molecule is CCO[C@@H]([C@H]1C[C@@H](C)[C@H]2[C@H](O1)[C@H](O)[C@@]1(C)[C@@H]3CC[C@H]4C(C)(C)[C@@H](O[C@H]5CN(C6C7CN8CCC(O7)C68)CCO5)CC[C@@]45C[C@@]35CC[C@]21C)C(C)(C)O. The van der Waals surface area contributed by atoms with Crippen LogP contribution in [0, 0.1) is 50.7 Å². The highest BCUT2D eigenvalue weighted by molar-refractivity contribution is 5.33. The van der Waals surface area contributed by atoms with Crippen LogP contribution in [0.25, 0.3) is 0 Å². The van der Waals surface area contributed by atoms with Gasteiger partial charge in [0, 0.05) is 31.7 Å². The van der Waals surface area contributed by atoms with Crippen LogP contribution in [-0.2, 0) is 23.7 Å². The summed E-state index contributed by atoms with van der Waals surface area (Å²) in [5, 5.41) is 23.8. The molecule has 2 spiro atoms. The van der Waals surface area contributed by atoms with Gasteiger partial charge in [0.25, 0.3) is 0 Å². The van der Waals surface area contributed by atoms with Crippen molar-refractivity contribution in [2.24, 2.45) is 50.7 Å². The molecule has 10 aliphatic rings. The van der Waals surface area contributed by atoms with Crippen molar-refractivity contribution in [2.45, 2.75) is 180 Å². The van der Waals surface area contributed by atoms with Crippen molar-refractivity contribution in [3.63, 3.8) is 0 Å². The van der Waals surface area contributed by atoms with Crippen molar-refractivity contribution in [2.75, 3.05) is 39.4 Å². The van der Waals surface area contributed by atoms with Gasteiger partial charge in [0.2, 0.25) is 0 Å². The number of morpholine rings is 2. The maximum Gasteiger partial charge on any atom is 0.170 e. The minimum atomic E-state index is -1.01. The second-order valence-corrected chi connectivity index (χ2v) is 21.5. The molecule has 5 aliphatic heterocycles. The first kappa shape index (κ1) is 36.0. The lowest BCUT2D eigenvalue weighted by Gasteiger charge is -2.64. The van der Waals surface area contributed by atoms with Gasteiger partial charge in [-0.1, -0.05) is 34.6 Å². The normalized spacial score (nSPS) is 56.8. The summed E-state index contributed by atoms with van der Waals surface area (Å²) >= 11 is 0. The summed E-state index contributed by atoms with van der Waals surface area (Å²) in [6, 6.07) is 1.06. The van der Waals surface area contributed by atoms with Gasteiger partial charge in [-0.15, -0.1) is 0 Å². The first-order chi connectivity index (χ1) is 24.6. The molecule has 0 amide bonds. The highest BCUT2D eigenvalue weighted by Gasteiger charge is 2.84. The third-order valence-electron chi connectivity index (χ3n) is 18.9. The smallest absolute Gasteiger partial charge is 0.170 e. The predicted octanol–water partition coefficient (Wildman–Crippen LogP) is 5.24. The molecule has 10 fully saturated rings. The molecule has 4 unspecified atom stereocenters. The summed E-state index contributed by atoms with van der Waals surface area (Å²) in [6.07, 6.45) is 10.0. The third-order valence-corrected chi connectivity index (χ3v) is 18.9. The van der Waals surface area contributed by atoms with E-state index < -0.39 is 17.8 Å². The van der Waals surface area contributed by atoms with E-state index in [1.54, 1.807) is 0 Å². The Balaban J connectivity index is 0.865. The fraction of sp³-hybridized carbons (Fsp3) is 1.00. The van der Waals surface area contributed by atoms with E-state index in [0.29, 0.717) is 65.4 Å². The van der Waals surface area contributed by atoms with E-state index in [0.717, 1.165) is 39.1 Å². The van der Waals surface area contributed by atoms with Crippen LogP contribution in [-0.4, -0.2) is 126 Å². The number of ether oxygens (including phenoxy) is 5. The average Bonchev–Trinajstić information content (AvgIpc) is 3.21. The van der Waals surface area contributed by atoms with Crippen LogP contribution in [0.1, 0.15) is 113 Å². The van der Waals surface area contributed by atoms with Gasteiger partial charge in [-0.25, -0.2) is 0 Å². The minimum absolute atomic E-state index is 0.0181. The van der Waals surface area contributed by atoms with Crippen molar-refractivity contribution in [3.8, 4) is 0 Å².